The molecule has 1 atom stereocenters. The minimum atomic E-state index is 0.0126. The molecule has 1 aliphatic rings. The van der Waals surface area contributed by atoms with E-state index in [2.05, 4.69) is 22.6 Å². The minimum Gasteiger partial charge on any atom is -0.497 e. The third kappa shape index (κ3) is 3.22. The fourth-order valence-corrected chi connectivity index (χ4v) is 3.84. The molecule has 1 saturated heterocycles. The van der Waals surface area contributed by atoms with E-state index >= 15 is 0 Å². The van der Waals surface area contributed by atoms with Gasteiger partial charge in [-0.25, -0.2) is 0 Å². The lowest BCUT2D eigenvalue weighted by Gasteiger charge is -2.27. The van der Waals surface area contributed by atoms with Crippen molar-refractivity contribution >= 4 is 28.5 Å². The Bertz CT molecular complexity index is 747. The Morgan fingerprint density at radius 2 is 1.96 bits per heavy atom. The highest BCUT2D eigenvalue weighted by Crippen LogP contribution is 2.39. The number of amides is 1. The number of likely N-dealkylation sites (tertiary alicyclic amines) is 1. The average Bonchev–Trinajstić information content (AvgIpc) is 3.10. The third-order valence-corrected chi connectivity index (χ3v) is 5.35. The maximum Gasteiger partial charge on any atom is 0.255 e. The molecule has 1 amide bonds. The van der Waals surface area contributed by atoms with Crippen LogP contribution in [0.5, 0.6) is 11.5 Å². The number of ether oxygens (including phenoxy) is 2. The first-order valence-electron chi connectivity index (χ1n) is 7.93. The van der Waals surface area contributed by atoms with Gasteiger partial charge in [-0.3, -0.25) is 4.79 Å². The van der Waals surface area contributed by atoms with Crippen LogP contribution >= 0.6 is 22.6 Å². The number of halogens is 1. The van der Waals surface area contributed by atoms with Gasteiger partial charge < -0.3 is 14.4 Å². The zero-order chi connectivity index (χ0) is 17.1. The Kier molecular flexibility index (Phi) is 5.28. The van der Waals surface area contributed by atoms with Crippen molar-refractivity contribution in [2.24, 2.45) is 0 Å². The molecule has 0 spiro atoms. The molecule has 0 aliphatic carbocycles. The Hall–Kier alpha value is -1.76. The van der Waals surface area contributed by atoms with Crippen LogP contribution in [0.1, 0.15) is 34.8 Å². The van der Waals surface area contributed by atoms with Gasteiger partial charge in [-0.1, -0.05) is 12.1 Å². The van der Waals surface area contributed by atoms with Crippen LogP contribution < -0.4 is 9.47 Å². The molecule has 0 radical (unpaired) electrons. The first-order valence-corrected chi connectivity index (χ1v) is 9.01. The summed E-state index contributed by atoms with van der Waals surface area (Å²) in [5, 5.41) is 0. The van der Waals surface area contributed by atoms with E-state index in [-0.39, 0.29) is 11.9 Å². The summed E-state index contributed by atoms with van der Waals surface area (Å²) in [6.45, 7) is 0.759. The van der Waals surface area contributed by atoms with Crippen molar-refractivity contribution in [3.8, 4) is 11.5 Å². The summed E-state index contributed by atoms with van der Waals surface area (Å²) in [6.07, 6.45) is 1.92. The van der Waals surface area contributed by atoms with Gasteiger partial charge >= 0.3 is 0 Å². The second kappa shape index (κ2) is 7.42. The molecule has 1 fully saturated rings. The van der Waals surface area contributed by atoms with Crippen LogP contribution in [-0.4, -0.2) is 31.6 Å². The normalized spacial score (nSPS) is 17.0. The van der Waals surface area contributed by atoms with Gasteiger partial charge in [0.15, 0.2) is 0 Å². The van der Waals surface area contributed by atoms with Gasteiger partial charge in [0.25, 0.3) is 5.91 Å². The summed E-state index contributed by atoms with van der Waals surface area (Å²) in [5.74, 6) is 1.65. The standard InChI is InChI=1S/C19H20INO3/c1-23-13-9-10-18(24-2)15(12-13)17-8-5-11-21(17)19(22)14-6-3-4-7-16(14)20/h3-4,6-7,9-10,12,17H,5,8,11H2,1-2H3/t17-/m0/s1. The third-order valence-electron chi connectivity index (χ3n) is 4.41. The lowest BCUT2D eigenvalue weighted by atomic mass is 10.0. The van der Waals surface area contributed by atoms with Crippen LogP contribution in [0, 0.1) is 3.57 Å². The monoisotopic (exact) mass is 437 g/mol. The van der Waals surface area contributed by atoms with Gasteiger partial charge in [-0.15, -0.1) is 0 Å². The second-order valence-corrected chi connectivity index (χ2v) is 6.91. The van der Waals surface area contributed by atoms with E-state index in [9.17, 15) is 4.79 Å². The topological polar surface area (TPSA) is 38.8 Å². The molecular weight excluding hydrogens is 417 g/mol. The van der Waals surface area contributed by atoms with Crippen LogP contribution in [0.2, 0.25) is 0 Å². The molecule has 5 heteroatoms. The molecule has 4 nitrogen and oxygen atoms in total. The summed E-state index contributed by atoms with van der Waals surface area (Å²) in [5.41, 5.74) is 1.76. The van der Waals surface area contributed by atoms with Crippen molar-refractivity contribution in [1.82, 2.24) is 4.90 Å². The van der Waals surface area contributed by atoms with E-state index in [1.807, 2.05) is 47.4 Å². The average molecular weight is 437 g/mol. The van der Waals surface area contributed by atoms with Crippen LogP contribution in [0.25, 0.3) is 0 Å². The van der Waals surface area contributed by atoms with E-state index in [1.165, 1.54) is 0 Å². The number of hydrogen-bond donors (Lipinski definition) is 0. The Labute approximate surface area is 155 Å². The van der Waals surface area contributed by atoms with Gasteiger partial charge in [0.2, 0.25) is 0 Å². The largest absolute Gasteiger partial charge is 0.497 e. The van der Waals surface area contributed by atoms with E-state index < -0.39 is 0 Å². The number of benzene rings is 2. The summed E-state index contributed by atoms with van der Waals surface area (Å²) in [4.78, 5) is 15.0. The molecule has 1 aliphatic heterocycles. The van der Waals surface area contributed by atoms with E-state index in [1.54, 1.807) is 14.2 Å². The number of methoxy groups -OCH3 is 2. The molecule has 0 bridgehead atoms. The molecular formula is C19H20INO3. The molecule has 2 aromatic rings. The molecule has 1 heterocycles. The number of hydrogen-bond acceptors (Lipinski definition) is 3. The minimum absolute atomic E-state index is 0.0126. The van der Waals surface area contributed by atoms with Crippen LogP contribution in [0.4, 0.5) is 0 Å². The van der Waals surface area contributed by atoms with Gasteiger partial charge in [-0.05, 0) is 65.8 Å². The van der Waals surface area contributed by atoms with Crippen molar-refractivity contribution in [3.63, 3.8) is 0 Å². The Morgan fingerprint density at radius 3 is 2.67 bits per heavy atom. The number of rotatable bonds is 4. The zero-order valence-corrected chi connectivity index (χ0v) is 15.9. The number of nitrogens with zero attached hydrogens (tertiary/aromatic N) is 1. The summed E-state index contributed by atoms with van der Waals surface area (Å²) in [7, 11) is 3.31. The van der Waals surface area contributed by atoms with Gasteiger partial charge in [0.05, 0.1) is 25.8 Å². The zero-order valence-electron chi connectivity index (χ0n) is 13.8. The predicted octanol–water partition coefficient (Wildman–Crippen LogP) is 4.29. The van der Waals surface area contributed by atoms with E-state index in [0.29, 0.717) is 0 Å². The lowest BCUT2D eigenvalue weighted by Crippen LogP contribution is -2.31. The van der Waals surface area contributed by atoms with Gasteiger partial charge in [0.1, 0.15) is 11.5 Å². The van der Waals surface area contributed by atoms with E-state index in [4.69, 9.17) is 9.47 Å². The van der Waals surface area contributed by atoms with Crippen LogP contribution in [0.3, 0.4) is 0 Å². The van der Waals surface area contributed by atoms with Crippen molar-refractivity contribution in [2.75, 3.05) is 20.8 Å². The smallest absolute Gasteiger partial charge is 0.255 e. The van der Waals surface area contributed by atoms with Gasteiger partial charge in [0, 0.05) is 15.7 Å². The molecule has 2 aromatic carbocycles. The molecule has 0 saturated carbocycles. The lowest BCUT2D eigenvalue weighted by molar-refractivity contribution is 0.0733. The summed E-state index contributed by atoms with van der Waals surface area (Å²) >= 11 is 2.22. The van der Waals surface area contributed by atoms with Crippen molar-refractivity contribution in [2.45, 2.75) is 18.9 Å². The molecule has 0 aromatic heterocycles. The molecule has 126 valence electrons. The Morgan fingerprint density at radius 1 is 1.17 bits per heavy atom. The van der Waals surface area contributed by atoms with Crippen LogP contribution in [0.15, 0.2) is 42.5 Å². The quantitative estimate of drug-likeness (QED) is 0.671. The van der Waals surface area contributed by atoms with Crippen molar-refractivity contribution in [3.05, 3.63) is 57.2 Å². The molecule has 24 heavy (non-hydrogen) atoms. The highest BCUT2D eigenvalue weighted by molar-refractivity contribution is 14.1. The maximum atomic E-state index is 13.1. The SMILES string of the molecule is COc1ccc(OC)c([C@@H]2CCCN2C(=O)c2ccccc2I)c1. The first kappa shape index (κ1) is 17.1. The number of carbonyl (C=O) groups excluding carboxylic acids is 1. The van der Waals surface area contributed by atoms with Crippen molar-refractivity contribution in [1.29, 1.82) is 0 Å². The number of carbonyl (C=O) groups is 1. The van der Waals surface area contributed by atoms with Gasteiger partial charge in [-0.2, -0.15) is 0 Å². The fraction of sp³-hybridized carbons (Fsp3) is 0.316. The Balaban J connectivity index is 1.97. The highest BCUT2D eigenvalue weighted by Gasteiger charge is 2.33. The summed E-state index contributed by atoms with van der Waals surface area (Å²) in [6, 6.07) is 13.5. The molecule has 0 N–H and O–H groups in total. The molecule has 0 unspecified atom stereocenters. The summed E-state index contributed by atoms with van der Waals surface area (Å²) < 4.78 is 11.8. The van der Waals surface area contributed by atoms with Crippen molar-refractivity contribution < 1.29 is 14.3 Å². The first-order chi connectivity index (χ1) is 11.7. The van der Waals surface area contributed by atoms with Crippen LogP contribution in [-0.2, 0) is 0 Å². The second-order valence-electron chi connectivity index (χ2n) is 5.74. The fourth-order valence-electron chi connectivity index (χ4n) is 3.22. The maximum absolute atomic E-state index is 13.1. The molecule has 3 rings (SSSR count). The van der Waals surface area contributed by atoms with E-state index in [0.717, 1.165) is 45.6 Å². The highest BCUT2D eigenvalue weighted by atomic mass is 127. The predicted molar refractivity (Wildman–Crippen MR) is 102 cm³/mol.